The molecule has 0 unspecified atom stereocenters. The molecule has 0 aliphatic carbocycles. The predicted octanol–water partition coefficient (Wildman–Crippen LogP) is 3.26. The standard InChI is InChI=1S/C10H12O/c1-2-3-4-5-7-10-8-6-9-11-10/h2,5-9H,1,3-4H2/b7-5+. The minimum Gasteiger partial charge on any atom is -0.465 e. The summed E-state index contributed by atoms with van der Waals surface area (Å²) in [6.45, 7) is 3.64. The van der Waals surface area contributed by atoms with Crippen molar-refractivity contribution in [3.8, 4) is 0 Å². The molecule has 0 fully saturated rings. The molecule has 1 heterocycles. The summed E-state index contributed by atoms with van der Waals surface area (Å²) in [4.78, 5) is 0. The van der Waals surface area contributed by atoms with E-state index in [0.717, 1.165) is 18.6 Å². The molecular formula is C10H12O. The maximum atomic E-state index is 5.10. The highest BCUT2D eigenvalue weighted by atomic mass is 16.3. The minimum atomic E-state index is 0.911. The summed E-state index contributed by atoms with van der Waals surface area (Å²) in [7, 11) is 0. The molecule has 1 rings (SSSR count). The highest BCUT2D eigenvalue weighted by Crippen LogP contribution is 2.03. The van der Waals surface area contributed by atoms with E-state index in [0.29, 0.717) is 0 Å². The fourth-order valence-corrected chi connectivity index (χ4v) is 0.800. The third-order valence-electron chi connectivity index (χ3n) is 1.36. The van der Waals surface area contributed by atoms with Gasteiger partial charge in [0.05, 0.1) is 6.26 Å². The second kappa shape index (κ2) is 4.56. The van der Waals surface area contributed by atoms with E-state index in [4.69, 9.17) is 4.42 Å². The first-order chi connectivity index (χ1) is 5.43. The first-order valence-corrected chi connectivity index (χ1v) is 3.74. The topological polar surface area (TPSA) is 13.1 Å². The largest absolute Gasteiger partial charge is 0.465 e. The van der Waals surface area contributed by atoms with E-state index >= 15 is 0 Å². The molecule has 58 valence electrons. The van der Waals surface area contributed by atoms with Gasteiger partial charge in [-0.05, 0) is 31.1 Å². The normalized spacial score (nSPS) is 10.5. The Labute approximate surface area is 67.0 Å². The van der Waals surface area contributed by atoms with Crippen molar-refractivity contribution in [1.29, 1.82) is 0 Å². The number of hydrogen-bond acceptors (Lipinski definition) is 1. The zero-order chi connectivity index (χ0) is 7.94. The zero-order valence-electron chi connectivity index (χ0n) is 6.49. The van der Waals surface area contributed by atoms with Crippen LogP contribution in [0.5, 0.6) is 0 Å². The first-order valence-electron chi connectivity index (χ1n) is 3.74. The average molecular weight is 148 g/mol. The summed E-state index contributed by atoms with van der Waals surface area (Å²) in [5, 5.41) is 0. The van der Waals surface area contributed by atoms with Crippen LogP contribution in [-0.2, 0) is 0 Å². The van der Waals surface area contributed by atoms with Gasteiger partial charge in [0.15, 0.2) is 0 Å². The van der Waals surface area contributed by atoms with E-state index in [1.165, 1.54) is 0 Å². The van der Waals surface area contributed by atoms with Crippen LogP contribution in [0.15, 0.2) is 41.5 Å². The van der Waals surface area contributed by atoms with Crippen molar-refractivity contribution in [3.05, 3.63) is 42.9 Å². The van der Waals surface area contributed by atoms with Crippen molar-refractivity contribution in [1.82, 2.24) is 0 Å². The Balaban J connectivity index is 2.31. The van der Waals surface area contributed by atoms with Gasteiger partial charge in [-0.15, -0.1) is 6.58 Å². The lowest BCUT2D eigenvalue weighted by atomic mass is 10.3. The van der Waals surface area contributed by atoms with Gasteiger partial charge in [-0.2, -0.15) is 0 Å². The van der Waals surface area contributed by atoms with Crippen LogP contribution >= 0.6 is 0 Å². The molecular weight excluding hydrogens is 136 g/mol. The summed E-state index contributed by atoms with van der Waals surface area (Å²) in [5.74, 6) is 0.911. The molecule has 0 saturated carbocycles. The summed E-state index contributed by atoms with van der Waals surface area (Å²) in [6.07, 6.45) is 9.70. The Kier molecular flexibility index (Phi) is 3.26. The Morgan fingerprint density at radius 1 is 1.45 bits per heavy atom. The molecule has 1 nitrogen and oxygen atoms in total. The van der Waals surface area contributed by atoms with E-state index in [1.54, 1.807) is 6.26 Å². The number of rotatable bonds is 4. The van der Waals surface area contributed by atoms with E-state index < -0.39 is 0 Å². The third kappa shape index (κ3) is 2.89. The van der Waals surface area contributed by atoms with Gasteiger partial charge in [0.2, 0.25) is 0 Å². The van der Waals surface area contributed by atoms with Crippen molar-refractivity contribution in [2.24, 2.45) is 0 Å². The van der Waals surface area contributed by atoms with Crippen LogP contribution in [0.4, 0.5) is 0 Å². The number of furan rings is 1. The quantitative estimate of drug-likeness (QED) is 0.472. The van der Waals surface area contributed by atoms with Crippen LogP contribution < -0.4 is 0 Å². The Morgan fingerprint density at radius 2 is 2.36 bits per heavy atom. The van der Waals surface area contributed by atoms with Gasteiger partial charge < -0.3 is 4.42 Å². The molecule has 1 aromatic heterocycles. The maximum Gasteiger partial charge on any atom is 0.126 e. The molecule has 1 heteroatoms. The van der Waals surface area contributed by atoms with Gasteiger partial charge in [-0.1, -0.05) is 12.2 Å². The highest BCUT2D eigenvalue weighted by Gasteiger charge is 1.84. The van der Waals surface area contributed by atoms with Crippen LogP contribution in [0.3, 0.4) is 0 Å². The van der Waals surface area contributed by atoms with Crippen LogP contribution in [0.2, 0.25) is 0 Å². The van der Waals surface area contributed by atoms with Crippen molar-refractivity contribution in [3.63, 3.8) is 0 Å². The van der Waals surface area contributed by atoms with E-state index in [1.807, 2.05) is 24.3 Å². The number of hydrogen-bond donors (Lipinski definition) is 0. The molecule has 0 N–H and O–H groups in total. The molecule has 0 aliphatic heterocycles. The molecule has 0 atom stereocenters. The monoisotopic (exact) mass is 148 g/mol. The minimum absolute atomic E-state index is 0.911. The summed E-state index contributed by atoms with van der Waals surface area (Å²) < 4.78 is 5.10. The average Bonchev–Trinajstić information content (AvgIpc) is 2.50. The zero-order valence-corrected chi connectivity index (χ0v) is 6.49. The van der Waals surface area contributed by atoms with Gasteiger partial charge in [-0.3, -0.25) is 0 Å². The highest BCUT2D eigenvalue weighted by molar-refractivity contribution is 5.41. The molecule has 0 radical (unpaired) electrons. The van der Waals surface area contributed by atoms with Gasteiger partial charge in [0.1, 0.15) is 5.76 Å². The Bertz CT molecular complexity index is 219. The predicted molar refractivity (Wildman–Crippen MR) is 47.2 cm³/mol. The van der Waals surface area contributed by atoms with E-state index in [9.17, 15) is 0 Å². The molecule has 11 heavy (non-hydrogen) atoms. The SMILES string of the molecule is C=CCC/C=C/c1ccco1. The molecule has 0 spiro atoms. The molecule has 0 amide bonds. The van der Waals surface area contributed by atoms with Gasteiger partial charge >= 0.3 is 0 Å². The summed E-state index contributed by atoms with van der Waals surface area (Å²) >= 11 is 0. The molecule has 0 aromatic carbocycles. The van der Waals surface area contributed by atoms with E-state index in [2.05, 4.69) is 12.7 Å². The number of unbranched alkanes of at least 4 members (excludes halogenated alkanes) is 1. The van der Waals surface area contributed by atoms with Crippen molar-refractivity contribution in [2.75, 3.05) is 0 Å². The molecule has 0 aliphatic rings. The maximum absolute atomic E-state index is 5.10. The number of allylic oxidation sites excluding steroid dienone is 2. The molecule has 0 bridgehead atoms. The van der Waals surface area contributed by atoms with Crippen molar-refractivity contribution < 1.29 is 4.42 Å². The van der Waals surface area contributed by atoms with Crippen molar-refractivity contribution >= 4 is 6.08 Å². The smallest absolute Gasteiger partial charge is 0.126 e. The van der Waals surface area contributed by atoms with Crippen LogP contribution in [0.25, 0.3) is 6.08 Å². The Hall–Kier alpha value is -1.24. The van der Waals surface area contributed by atoms with E-state index in [-0.39, 0.29) is 0 Å². The van der Waals surface area contributed by atoms with Crippen LogP contribution in [0.1, 0.15) is 18.6 Å². The lowest BCUT2D eigenvalue weighted by Crippen LogP contribution is -1.63. The first kappa shape index (κ1) is 7.86. The second-order valence-electron chi connectivity index (χ2n) is 2.28. The second-order valence-corrected chi connectivity index (χ2v) is 2.28. The summed E-state index contributed by atoms with van der Waals surface area (Å²) in [5.41, 5.74) is 0. The molecule has 1 aromatic rings. The van der Waals surface area contributed by atoms with Gasteiger partial charge in [-0.25, -0.2) is 0 Å². The Morgan fingerprint density at radius 3 is 3.00 bits per heavy atom. The molecule has 0 saturated heterocycles. The fourth-order valence-electron chi connectivity index (χ4n) is 0.800. The third-order valence-corrected chi connectivity index (χ3v) is 1.36. The fraction of sp³-hybridized carbons (Fsp3) is 0.200. The van der Waals surface area contributed by atoms with Gasteiger partial charge in [0, 0.05) is 0 Å². The van der Waals surface area contributed by atoms with Crippen LogP contribution in [-0.4, -0.2) is 0 Å². The van der Waals surface area contributed by atoms with Crippen molar-refractivity contribution in [2.45, 2.75) is 12.8 Å². The van der Waals surface area contributed by atoms with Crippen LogP contribution in [0, 0.1) is 0 Å². The van der Waals surface area contributed by atoms with Gasteiger partial charge in [0.25, 0.3) is 0 Å². The summed E-state index contributed by atoms with van der Waals surface area (Å²) in [6, 6.07) is 3.82. The lowest BCUT2D eigenvalue weighted by Gasteiger charge is -1.84. The lowest BCUT2D eigenvalue weighted by molar-refractivity contribution is 0.557.